The van der Waals surface area contributed by atoms with Crippen molar-refractivity contribution in [3.8, 4) is 0 Å². The number of hydrogen-bond acceptors (Lipinski definition) is 2. The Kier molecular flexibility index (Phi) is 4.84. The molecule has 1 aromatic heterocycles. The molecule has 1 atom stereocenters. The van der Waals surface area contributed by atoms with Crippen LogP contribution in [0.25, 0.3) is 0 Å². The minimum Gasteiger partial charge on any atom is -0.331 e. The summed E-state index contributed by atoms with van der Waals surface area (Å²) >= 11 is 0. The van der Waals surface area contributed by atoms with Gasteiger partial charge in [-0.15, -0.1) is 0 Å². The lowest BCUT2D eigenvalue weighted by atomic mass is 10.1. The zero-order valence-electron chi connectivity index (χ0n) is 14.0. The Morgan fingerprint density at radius 3 is 2.30 bits per heavy atom. The van der Waals surface area contributed by atoms with Crippen LogP contribution in [0.1, 0.15) is 58.8 Å². The maximum Gasteiger partial charge on any atom is 0.317 e. The van der Waals surface area contributed by atoms with Crippen LogP contribution in [0.15, 0.2) is 6.20 Å². The van der Waals surface area contributed by atoms with Gasteiger partial charge in [-0.3, -0.25) is 4.68 Å². The van der Waals surface area contributed by atoms with E-state index in [0.717, 1.165) is 11.3 Å². The van der Waals surface area contributed by atoms with Crippen LogP contribution in [0.4, 0.5) is 4.79 Å². The second kappa shape index (κ2) is 5.85. The van der Waals surface area contributed by atoms with Crippen molar-refractivity contribution in [1.82, 2.24) is 20.0 Å². The molecule has 114 valence electrons. The largest absolute Gasteiger partial charge is 0.331 e. The fraction of sp³-hybridized carbons (Fsp3) is 0.733. The maximum atomic E-state index is 12.1. The summed E-state index contributed by atoms with van der Waals surface area (Å²) in [6.45, 7) is 14.3. The summed E-state index contributed by atoms with van der Waals surface area (Å²) in [5, 5.41) is 7.56. The van der Waals surface area contributed by atoms with E-state index in [4.69, 9.17) is 0 Å². The molecule has 0 aromatic carbocycles. The molecule has 0 aliphatic carbocycles. The average molecular weight is 280 g/mol. The monoisotopic (exact) mass is 280 g/mol. The second-order valence-electron chi connectivity index (χ2n) is 6.66. The lowest BCUT2D eigenvalue weighted by Crippen LogP contribution is -2.42. The molecular formula is C15H28N4O. The summed E-state index contributed by atoms with van der Waals surface area (Å²) < 4.78 is 1.95. The van der Waals surface area contributed by atoms with E-state index < -0.39 is 0 Å². The number of carbonyl (C=O) groups is 1. The first-order chi connectivity index (χ1) is 9.04. The molecule has 1 aromatic rings. The highest BCUT2D eigenvalue weighted by Crippen LogP contribution is 2.21. The number of hydrogen-bond donors (Lipinski definition) is 1. The van der Waals surface area contributed by atoms with Crippen LogP contribution in [0, 0.1) is 6.92 Å². The van der Waals surface area contributed by atoms with E-state index in [-0.39, 0.29) is 23.7 Å². The van der Waals surface area contributed by atoms with Crippen molar-refractivity contribution in [2.75, 3.05) is 7.05 Å². The Bertz CT molecular complexity index is 471. The van der Waals surface area contributed by atoms with Gasteiger partial charge in [-0.05, 0) is 48.5 Å². The molecule has 1 rings (SSSR count). The summed E-state index contributed by atoms with van der Waals surface area (Å²) in [4.78, 5) is 13.8. The molecule has 0 radical (unpaired) electrons. The van der Waals surface area contributed by atoms with Crippen molar-refractivity contribution in [3.63, 3.8) is 0 Å². The highest BCUT2D eigenvalue weighted by molar-refractivity contribution is 5.74. The Morgan fingerprint density at radius 1 is 1.35 bits per heavy atom. The van der Waals surface area contributed by atoms with Crippen molar-refractivity contribution in [2.24, 2.45) is 0 Å². The summed E-state index contributed by atoms with van der Waals surface area (Å²) in [6, 6.07) is 0.0656. The van der Waals surface area contributed by atoms with E-state index >= 15 is 0 Å². The lowest BCUT2D eigenvalue weighted by Gasteiger charge is -2.24. The maximum absolute atomic E-state index is 12.1. The van der Waals surface area contributed by atoms with Crippen LogP contribution in [0.2, 0.25) is 0 Å². The van der Waals surface area contributed by atoms with Gasteiger partial charge in [0.05, 0.1) is 17.3 Å². The number of amides is 2. The van der Waals surface area contributed by atoms with E-state index in [0.29, 0.717) is 0 Å². The van der Waals surface area contributed by atoms with Gasteiger partial charge in [0.2, 0.25) is 0 Å². The van der Waals surface area contributed by atoms with Gasteiger partial charge in [-0.2, -0.15) is 5.10 Å². The van der Waals surface area contributed by atoms with Crippen molar-refractivity contribution in [2.45, 2.75) is 66.1 Å². The van der Waals surface area contributed by atoms with Gasteiger partial charge in [-0.25, -0.2) is 4.79 Å². The molecule has 0 spiro atoms. The third kappa shape index (κ3) is 3.74. The molecule has 20 heavy (non-hydrogen) atoms. The highest BCUT2D eigenvalue weighted by atomic mass is 16.2. The standard InChI is InChI=1S/C15H28N4O/c1-10(2)18(8)14(20)16-11(3)13-9-19(15(5,6)7)17-12(13)4/h9-11H,1-8H3,(H,16,20)/t11-/m0/s1. The van der Waals surface area contributed by atoms with Gasteiger partial charge in [-0.1, -0.05) is 0 Å². The molecule has 0 unspecified atom stereocenters. The Labute approximate surface area is 122 Å². The summed E-state index contributed by atoms with van der Waals surface area (Å²) in [5.74, 6) is 0. The van der Waals surface area contributed by atoms with E-state index in [9.17, 15) is 4.79 Å². The molecular weight excluding hydrogens is 252 g/mol. The first kappa shape index (κ1) is 16.5. The van der Waals surface area contributed by atoms with Gasteiger partial charge in [0.25, 0.3) is 0 Å². The normalized spacial score (nSPS) is 13.4. The van der Waals surface area contributed by atoms with Crippen molar-refractivity contribution in [3.05, 3.63) is 17.5 Å². The molecule has 5 nitrogen and oxygen atoms in total. The molecule has 0 fully saturated rings. The number of urea groups is 1. The van der Waals surface area contributed by atoms with Crippen molar-refractivity contribution in [1.29, 1.82) is 0 Å². The predicted octanol–water partition coefficient (Wildman–Crippen LogP) is 3.06. The highest BCUT2D eigenvalue weighted by Gasteiger charge is 2.21. The Hall–Kier alpha value is -1.52. The third-order valence-corrected chi connectivity index (χ3v) is 3.53. The average Bonchev–Trinajstić information content (AvgIpc) is 2.69. The smallest absolute Gasteiger partial charge is 0.317 e. The number of nitrogens with zero attached hydrogens (tertiary/aromatic N) is 3. The van der Waals surface area contributed by atoms with E-state index in [1.807, 2.05) is 38.6 Å². The summed E-state index contributed by atoms with van der Waals surface area (Å²) in [5.41, 5.74) is 1.96. The van der Waals surface area contributed by atoms with Crippen LogP contribution in [-0.4, -0.2) is 33.8 Å². The predicted molar refractivity (Wildman–Crippen MR) is 81.8 cm³/mol. The molecule has 0 saturated carbocycles. The minimum absolute atomic E-state index is 0.0541. The number of nitrogens with one attached hydrogen (secondary N) is 1. The van der Waals surface area contributed by atoms with E-state index in [1.165, 1.54) is 0 Å². The second-order valence-corrected chi connectivity index (χ2v) is 6.66. The molecule has 2 amide bonds. The molecule has 0 saturated heterocycles. The SMILES string of the molecule is Cc1nn(C(C)(C)C)cc1[C@H](C)NC(=O)N(C)C(C)C. The van der Waals surface area contributed by atoms with Gasteiger partial charge in [0, 0.05) is 24.8 Å². The van der Waals surface area contributed by atoms with Crippen molar-refractivity contribution < 1.29 is 4.79 Å². The van der Waals surface area contributed by atoms with Crippen LogP contribution >= 0.6 is 0 Å². The minimum atomic E-state index is -0.0598. The van der Waals surface area contributed by atoms with Gasteiger partial charge < -0.3 is 10.2 Å². The lowest BCUT2D eigenvalue weighted by molar-refractivity contribution is 0.194. The zero-order chi connectivity index (χ0) is 15.7. The van der Waals surface area contributed by atoms with Crippen LogP contribution in [0.5, 0.6) is 0 Å². The third-order valence-electron chi connectivity index (χ3n) is 3.53. The van der Waals surface area contributed by atoms with Crippen molar-refractivity contribution >= 4 is 6.03 Å². The van der Waals surface area contributed by atoms with E-state index in [1.54, 1.807) is 11.9 Å². The number of aromatic nitrogens is 2. The van der Waals surface area contributed by atoms with Crippen LogP contribution in [0.3, 0.4) is 0 Å². The Morgan fingerprint density at radius 2 is 1.90 bits per heavy atom. The fourth-order valence-electron chi connectivity index (χ4n) is 1.84. The summed E-state index contributed by atoms with van der Waals surface area (Å²) in [7, 11) is 1.80. The van der Waals surface area contributed by atoms with Crippen LogP contribution < -0.4 is 5.32 Å². The quantitative estimate of drug-likeness (QED) is 0.925. The molecule has 0 aliphatic rings. The molecule has 5 heteroatoms. The number of rotatable bonds is 3. The Balaban J connectivity index is 2.86. The number of aryl methyl sites for hydroxylation is 1. The fourth-order valence-corrected chi connectivity index (χ4v) is 1.84. The first-order valence-electron chi connectivity index (χ1n) is 7.14. The van der Waals surface area contributed by atoms with E-state index in [2.05, 4.69) is 31.2 Å². The first-order valence-corrected chi connectivity index (χ1v) is 7.14. The molecule has 1 N–H and O–H groups in total. The van der Waals surface area contributed by atoms with Crippen LogP contribution in [-0.2, 0) is 5.54 Å². The molecule has 0 aliphatic heterocycles. The zero-order valence-corrected chi connectivity index (χ0v) is 14.0. The molecule has 1 heterocycles. The van der Waals surface area contributed by atoms with Gasteiger partial charge in [0.1, 0.15) is 0 Å². The summed E-state index contributed by atoms with van der Waals surface area (Å²) in [6.07, 6.45) is 2.02. The van der Waals surface area contributed by atoms with Gasteiger partial charge in [0.15, 0.2) is 0 Å². The van der Waals surface area contributed by atoms with Gasteiger partial charge >= 0.3 is 6.03 Å². The number of carbonyl (C=O) groups excluding carboxylic acids is 1. The topological polar surface area (TPSA) is 50.2 Å². The molecule has 0 bridgehead atoms.